The van der Waals surface area contributed by atoms with Crippen molar-refractivity contribution in [2.45, 2.75) is 13.8 Å². The highest BCUT2D eigenvalue weighted by Crippen LogP contribution is 2.04. The van der Waals surface area contributed by atoms with E-state index in [0.717, 1.165) is 0 Å². The first-order valence-corrected chi connectivity index (χ1v) is 5.59. The molecule has 0 aromatic heterocycles. The Labute approximate surface area is 103 Å². The largest absolute Gasteiger partial charge is 0.374 e. The van der Waals surface area contributed by atoms with Crippen LogP contribution in [0.15, 0.2) is 9.59 Å². The summed E-state index contributed by atoms with van der Waals surface area (Å²) < 4.78 is 9.71. The van der Waals surface area contributed by atoms with Crippen LogP contribution in [0.25, 0.3) is 0 Å². The van der Waals surface area contributed by atoms with Crippen molar-refractivity contribution in [3.8, 4) is 0 Å². The van der Waals surface area contributed by atoms with Crippen molar-refractivity contribution in [1.82, 2.24) is 0 Å². The third-order valence-electron chi connectivity index (χ3n) is 2.34. The van der Waals surface area contributed by atoms with Crippen LogP contribution in [-0.2, 0) is 9.47 Å². The molecule has 0 aliphatic heterocycles. The Morgan fingerprint density at radius 1 is 0.833 bits per heavy atom. The van der Waals surface area contributed by atoms with Gasteiger partial charge < -0.3 is 9.47 Å². The van der Waals surface area contributed by atoms with Crippen molar-refractivity contribution in [2.75, 3.05) is 26.4 Å². The molecule has 0 saturated heterocycles. The fourth-order valence-corrected chi connectivity index (χ4v) is 1.46. The maximum absolute atomic E-state index is 11.6. The summed E-state index contributed by atoms with van der Waals surface area (Å²) in [6.07, 6.45) is 0. The molecule has 0 N–H and O–H groups in total. The van der Waals surface area contributed by atoms with E-state index in [-0.39, 0.29) is 24.3 Å². The molecule has 18 heavy (non-hydrogen) atoms. The van der Waals surface area contributed by atoms with E-state index in [1.54, 1.807) is 13.8 Å². The first-order valence-electron chi connectivity index (χ1n) is 5.59. The summed E-state index contributed by atoms with van der Waals surface area (Å²) >= 11 is 0. The number of hydrogen-bond acceptors (Lipinski definition) is 6. The van der Waals surface area contributed by atoms with Crippen molar-refractivity contribution in [3.63, 3.8) is 0 Å². The second-order valence-electron chi connectivity index (χ2n) is 3.53. The fraction of sp³-hybridized carbons (Fsp3) is 0.500. The van der Waals surface area contributed by atoms with E-state index in [1.165, 1.54) is 0 Å². The Hall–Kier alpha value is -1.66. The molecule has 0 bridgehead atoms. The zero-order valence-corrected chi connectivity index (χ0v) is 10.3. The zero-order chi connectivity index (χ0) is 13.7. The molecule has 6 heteroatoms. The lowest BCUT2D eigenvalue weighted by Crippen LogP contribution is -2.45. The molecule has 1 aromatic rings. The number of ether oxygens (including phenoxy) is 2. The van der Waals surface area contributed by atoms with Gasteiger partial charge in [0.1, 0.15) is 13.2 Å². The number of rotatable bonds is 8. The van der Waals surface area contributed by atoms with E-state index in [4.69, 9.17) is 9.47 Å². The minimum Gasteiger partial charge on any atom is -0.374 e. The van der Waals surface area contributed by atoms with E-state index in [2.05, 4.69) is 0 Å². The highest BCUT2D eigenvalue weighted by molar-refractivity contribution is 6.11. The number of ketones is 2. The molecular weight excluding hydrogens is 240 g/mol. The molecule has 0 unspecified atom stereocenters. The average Bonchev–Trinajstić information content (AvgIpc) is 2.37. The third kappa shape index (κ3) is 2.77. The molecule has 0 aliphatic carbocycles. The SMILES string of the molecule is CCOCC(=O)c1c(C(=O)COCC)c(=O)c1=O. The van der Waals surface area contributed by atoms with Gasteiger partial charge in [-0.3, -0.25) is 19.2 Å². The summed E-state index contributed by atoms with van der Waals surface area (Å²) in [5.41, 5.74) is -2.53. The second kappa shape index (κ2) is 6.32. The first-order chi connectivity index (χ1) is 8.54. The van der Waals surface area contributed by atoms with Gasteiger partial charge in [-0.1, -0.05) is 0 Å². The van der Waals surface area contributed by atoms with Crippen LogP contribution in [0.2, 0.25) is 0 Å². The summed E-state index contributed by atoms with van der Waals surface area (Å²) in [4.78, 5) is 45.7. The number of Topliss-reactive ketones (excluding diaryl/α,β-unsaturated/α-hetero) is 2. The quantitative estimate of drug-likeness (QED) is 0.468. The molecule has 98 valence electrons. The Balaban J connectivity index is 2.91. The molecule has 0 fully saturated rings. The Kier molecular flexibility index (Phi) is 5.06. The van der Waals surface area contributed by atoms with Gasteiger partial charge >= 0.3 is 0 Å². The van der Waals surface area contributed by atoms with Crippen LogP contribution in [0.3, 0.4) is 0 Å². The number of carbonyl (C=O) groups excluding carboxylic acids is 2. The van der Waals surface area contributed by atoms with Gasteiger partial charge in [-0.2, -0.15) is 0 Å². The minimum absolute atomic E-state index is 0.309. The fourth-order valence-electron chi connectivity index (χ4n) is 1.46. The van der Waals surface area contributed by atoms with Crippen LogP contribution in [0.5, 0.6) is 0 Å². The molecule has 0 radical (unpaired) electrons. The van der Waals surface area contributed by atoms with E-state index < -0.39 is 22.4 Å². The van der Waals surface area contributed by atoms with Crippen molar-refractivity contribution in [1.29, 1.82) is 0 Å². The van der Waals surface area contributed by atoms with Crippen molar-refractivity contribution >= 4 is 11.6 Å². The van der Waals surface area contributed by atoms with Crippen LogP contribution in [0.1, 0.15) is 34.6 Å². The van der Waals surface area contributed by atoms with Gasteiger partial charge in [0.2, 0.25) is 10.9 Å². The van der Waals surface area contributed by atoms with Gasteiger partial charge in [0, 0.05) is 13.2 Å². The van der Waals surface area contributed by atoms with E-state index in [1.807, 2.05) is 0 Å². The third-order valence-corrected chi connectivity index (χ3v) is 2.34. The monoisotopic (exact) mass is 254 g/mol. The average molecular weight is 254 g/mol. The molecule has 1 aromatic carbocycles. The van der Waals surface area contributed by atoms with Crippen LogP contribution in [0, 0.1) is 0 Å². The van der Waals surface area contributed by atoms with Crippen molar-refractivity contribution in [2.24, 2.45) is 0 Å². The standard InChI is InChI=1S/C12H14O6/c1-3-17-5-7(13)9-10(12(16)11(9)15)8(14)6-18-4-2/h3-6H2,1-2H3. The Bertz CT molecular complexity index is 473. The lowest BCUT2D eigenvalue weighted by molar-refractivity contribution is 0.0746. The van der Waals surface area contributed by atoms with Gasteiger partial charge in [-0.25, -0.2) is 0 Å². The smallest absolute Gasteiger partial charge is 0.238 e. The number of carbonyl (C=O) groups is 2. The summed E-state index contributed by atoms with van der Waals surface area (Å²) in [7, 11) is 0. The molecule has 0 aliphatic rings. The van der Waals surface area contributed by atoms with Crippen LogP contribution in [0.4, 0.5) is 0 Å². The second-order valence-corrected chi connectivity index (χ2v) is 3.53. The van der Waals surface area contributed by atoms with E-state index in [0.29, 0.717) is 13.2 Å². The number of hydrogen-bond donors (Lipinski definition) is 0. The first kappa shape index (κ1) is 14.4. The molecule has 0 amide bonds. The summed E-state index contributed by atoms with van der Waals surface area (Å²) in [6, 6.07) is 0. The lowest BCUT2D eigenvalue weighted by Gasteiger charge is -2.09. The molecule has 0 saturated carbocycles. The highest BCUT2D eigenvalue weighted by Gasteiger charge is 2.30. The van der Waals surface area contributed by atoms with Gasteiger partial charge in [0.05, 0.1) is 11.1 Å². The predicted octanol–water partition coefficient (Wildman–Crippen LogP) is -0.279. The molecule has 0 atom stereocenters. The van der Waals surface area contributed by atoms with E-state index >= 15 is 0 Å². The van der Waals surface area contributed by atoms with Gasteiger partial charge in [-0.15, -0.1) is 0 Å². The Morgan fingerprint density at radius 2 is 1.17 bits per heavy atom. The lowest BCUT2D eigenvalue weighted by atomic mass is 9.94. The van der Waals surface area contributed by atoms with Crippen LogP contribution >= 0.6 is 0 Å². The van der Waals surface area contributed by atoms with Crippen LogP contribution in [-0.4, -0.2) is 38.0 Å². The van der Waals surface area contributed by atoms with Crippen LogP contribution < -0.4 is 10.9 Å². The zero-order valence-electron chi connectivity index (χ0n) is 10.3. The minimum atomic E-state index is -0.917. The maximum Gasteiger partial charge on any atom is 0.238 e. The molecule has 1 rings (SSSR count). The topological polar surface area (TPSA) is 86.7 Å². The van der Waals surface area contributed by atoms with Crippen molar-refractivity contribution < 1.29 is 19.1 Å². The Morgan fingerprint density at radius 3 is 1.44 bits per heavy atom. The van der Waals surface area contributed by atoms with E-state index in [9.17, 15) is 19.2 Å². The van der Waals surface area contributed by atoms with Crippen molar-refractivity contribution in [3.05, 3.63) is 31.6 Å². The molecule has 6 nitrogen and oxygen atoms in total. The van der Waals surface area contributed by atoms with Gasteiger partial charge in [-0.05, 0) is 13.8 Å². The molecule has 0 heterocycles. The summed E-state index contributed by atoms with van der Waals surface area (Å²) in [5.74, 6) is -1.28. The van der Waals surface area contributed by atoms with Gasteiger partial charge in [0.15, 0.2) is 11.6 Å². The summed E-state index contributed by atoms with van der Waals surface area (Å²) in [5, 5.41) is 0. The normalized spacial score (nSPS) is 10.8. The molecule has 0 spiro atoms. The highest BCUT2D eigenvalue weighted by atomic mass is 16.5. The van der Waals surface area contributed by atoms with Gasteiger partial charge in [0.25, 0.3) is 0 Å². The summed E-state index contributed by atoms with van der Waals surface area (Å²) in [6.45, 7) is 3.38. The molecular formula is C12H14O6. The predicted molar refractivity (Wildman–Crippen MR) is 63.0 cm³/mol. The maximum atomic E-state index is 11.6.